The Morgan fingerprint density at radius 2 is 2.00 bits per heavy atom. The van der Waals surface area contributed by atoms with E-state index in [4.69, 9.17) is 5.73 Å². The quantitative estimate of drug-likeness (QED) is 0.356. The minimum atomic E-state index is 0.746. The highest BCUT2D eigenvalue weighted by atomic mass is 14.5. The Bertz CT molecular complexity index is 137. The maximum absolute atomic E-state index is 5.29. The van der Waals surface area contributed by atoms with Crippen LogP contribution in [-0.4, -0.2) is 6.54 Å². The largest absolute Gasteiger partial charge is 0.330 e. The predicted molar refractivity (Wildman–Crippen MR) is 45.5 cm³/mol. The summed E-state index contributed by atoms with van der Waals surface area (Å²) in [5, 5.41) is 0. The molecular formula is C9H15N. The number of rotatable bonds is 4. The summed E-state index contributed by atoms with van der Waals surface area (Å²) in [6, 6.07) is 0. The predicted octanol–water partition coefficient (Wildman–Crippen LogP) is 1.69. The second-order valence-corrected chi connectivity index (χ2v) is 2.01. The monoisotopic (exact) mass is 137 g/mol. The normalized spacial score (nSPS) is 9.40. The van der Waals surface area contributed by atoms with Crippen LogP contribution in [0.4, 0.5) is 0 Å². The van der Waals surface area contributed by atoms with Gasteiger partial charge in [0.25, 0.3) is 0 Å². The average molecular weight is 137 g/mol. The number of hydrogen-bond donors (Lipinski definition) is 1. The molecule has 1 heteroatoms. The second kappa shape index (κ2) is 8.26. The van der Waals surface area contributed by atoms with Crippen LogP contribution in [0.1, 0.15) is 26.2 Å². The smallest absolute Gasteiger partial charge is 0.0123 e. The van der Waals surface area contributed by atoms with E-state index in [1.54, 1.807) is 0 Å². The first-order chi connectivity index (χ1) is 4.91. The molecule has 0 heterocycles. The van der Waals surface area contributed by atoms with Gasteiger partial charge in [0.1, 0.15) is 0 Å². The van der Waals surface area contributed by atoms with Gasteiger partial charge in [-0.05, 0) is 26.3 Å². The lowest BCUT2D eigenvalue weighted by Gasteiger charge is -1.84. The standard InChI is InChI=1S/C9H15N/c1-2-3-4-5-6-7-8-9-10/h6-7H,4-5,8-10H2,1H3/b7-6+. The van der Waals surface area contributed by atoms with Crippen LogP contribution >= 0.6 is 0 Å². The molecule has 0 aliphatic rings. The van der Waals surface area contributed by atoms with E-state index in [1.807, 2.05) is 6.92 Å². The van der Waals surface area contributed by atoms with Gasteiger partial charge in [0, 0.05) is 6.42 Å². The van der Waals surface area contributed by atoms with Crippen LogP contribution in [0.2, 0.25) is 0 Å². The van der Waals surface area contributed by atoms with Crippen LogP contribution in [0.5, 0.6) is 0 Å². The molecule has 0 unspecified atom stereocenters. The fourth-order valence-corrected chi connectivity index (χ4v) is 0.612. The summed E-state index contributed by atoms with van der Waals surface area (Å²) in [7, 11) is 0. The summed E-state index contributed by atoms with van der Waals surface area (Å²) in [6.45, 7) is 2.61. The van der Waals surface area contributed by atoms with Crippen LogP contribution in [0, 0.1) is 11.8 Å². The number of hydrogen-bond acceptors (Lipinski definition) is 1. The molecule has 0 amide bonds. The van der Waals surface area contributed by atoms with Gasteiger partial charge in [0.2, 0.25) is 0 Å². The van der Waals surface area contributed by atoms with E-state index in [-0.39, 0.29) is 0 Å². The van der Waals surface area contributed by atoms with Crippen molar-refractivity contribution in [1.29, 1.82) is 0 Å². The van der Waals surface area contributed by atoms with Crippen molar-refractivity contribution in [3.63, 3.8) is 0 Å². The van der Waals surface area contributed by atoms with Crippen molar-refractivity contribution in [2.24, 2.45) is 5.73 Å². The van der Waals surface area contributed by atoms with Gasteiger partial charge < -0.3 is 5.73 Å². The minimum absolute atomic E-state index is 0.746. The Balaban J connectivity index is 3.07. The van der Waals surface area contributed by atoms with Gasteiger partial charge >= 0.3 is 0 Å². The summed E-state index contributed by atoms with van der Waals surface area (Å²) in [4.78, 5) is 0. The molecule has 0 radical (unpaired) electrons. The van der Waals surface area contributed by atoms with Crippen LogP contribution in [0.25, 0.3) is 0 Å². The Morgan fingerprint density at radius 3 is 2.60 bits per heavy atom. The van der Waals surface area contributed by atoms with Crippen molar-refractivity contribution in [2.45, 2.75) is 26.2 Å². The number of unbranched alkanes of at least 4 members (excludes halogenated alkanes) is 1. The van der Waals surface area contributed by atoms with Crippen molar-refractivity contribution in [3.05, 3.63) is 12.2 Å². The van der Waals surface area contributed by atoms with Crippen molar-refractivity contribution < 1.29 is 0 Å². The van der Waals surface area contributed by atoms with Gasteiger partial charge in [-0.25, -0.2) is 0 Å². The topological polar surface area (TPSA) is 26.0 Å². The zero-order valence-corrected chi connectivity index (χ0v) is 6.56. The molecule has 0 rings (SSSR count). The van der Waals surface area contributed by atoms with Gasteiger partial charge in [-0.15, -0.1) is 11.8 Å². The highest BCUT2D eigenvalue weighted by Gasteiger charge is 1.74. The molecule has 0 aromatic carbocycles. The molecule has 0 aliphatic carbocycles. The van der Waals surface area contributed by atoms with E-state index in [0.29, 0.717) is 0 Å². The highest BCUT2D eigenvalue weighted by Crippen LogP contribution is 1.89. The number of allylic oxidation sites excluding steroid dienone is 1. The molecule has 1 nitrogen and oxygen atoms in total. The van der Waals surface area contributed by atoms with Crippen molar-refractivity contribution in [2.75, 3.05) is 6.54 Å². The molecule has 0 aliphatic heterocycles. The third kappa shape index (κ3) is 7.26. The molecule has 0 aromatic rings. The van der Waals surface area contributed by atoms with E-state index < -0.39 is 0 Å². The highest BCUT2D eigenvalue weighted by molar-refractivity contribution is 4.97. The van der Waals surface area contributed by atoms with Crippen LogP contribution in [0.15, 0.2) is 12.2 Å². The zero-order chi connectivity index (χ0) is 7.66. The maximum Gasteiger partial charge on any atom is 0.0123 e. The lowest BCUT2D eigenvalue weighted by Crippen LogP contribution is -1.94. The van der Waals surface area contributed by atoms with Gasteiger partial charge in [-0.1, -0.05) is 12.2 Å². The third-order valence-corrected chi connectivity index (χ3v) is 1.11. The molecule has 56 valence electrons. The Hall–Kier alpha value is -0.740. The lowest BCUT2D eigenvalue weighted by molar-refractivity contribution is 0.988. The van der Waals surface area contributed by atoms with Gasteiger partial charge in [-0.2, -0.15) is 0 Å². The molecular weight excluding hydrogens is 122 g/mol. The van der Waals surface area contributed by atoms with E-state index in [1.165, 1.54) is 0 Å². The molecule has 2 N–H and O–H groups in total. The molecule has 0 saturated carbocycles. The fourth-order valence-electron chi connectivity index (χ4n) is 0.612. The Morgan fingerprint density at radius 1 is 1.30 bits per heavy atom. The minimum Gasteiger partial charge on any atom is -0.330 e. The molecule has 0 atom stereocenters. The summed E-state index contributed by atoms with van der Waals surface area (Å²) < 4.78 is 0. The van der Waals surface area contributed by atoms with E-state index in [9.17, 15) is 0 Å². The summed E-state index contributed by atoms with van der Waals surface area (Å²) in [5.74, 6) is 5.84. The molecule has 0 saturated heterocycles. The van der Waals surface area contributed by atoms with Crippen molar-refractivity contribution >= 4 is 0 Å². The van der Waals surface area contributed by atoms with E-state index >= 15 is 0 Å². The first-order valence-electron chi connectivity index (χ1n) is 3.66. The van der Waals surface area contributed by atoms with Crippen LogP contribution in [0.3, 0.4) is 0 Å². The lowest BCUT2D eigenvalue weighted by atomic mass is 10.2. The third-order valence-electron chi connectivity index (χ3n) is 1.11. The molecule has 0 bridgehead atoms. The van der Waals surface area contributed by atoms with Gasteiger partial charge in [0.15, 0.2) is 0 Å². The molecule has 10 heavy (non-hydrogen) atoms. The summed E-state index contributed by atoms with van der Waals surface area (Å²) >= 11 is 0. The van der Waals surface area contributed by atoms with Crippen molar-refractivity contribution in [3.8, 4) is 11.8 Å². The molecule has 0 aromatic heterocycles. The van der Waals surface area contributed by atoms with Crippen LogP contribution < -0.4 is 5.73 Å². The second-order valence-electron chi connectivity index (χ2n) is 2.01. The maximum atomic E-state index is 5.29. The summed E-state index contributed by atoms with van der Waals surface area (Å²) in [6.07, 6.45) is 7.26. The Kier molecular flexibility index (Phi) is 7.65. The van der Waals surface area contributed by atoms with E-state index in [0.717, 1.165) is 25.8 Å². The van der Waals surface area contributed by atoms with Gasteiger partial charge in [0.05, 0.1) is 0 Å². The Labute approximate surface area is 63.3 Å². The average Bonchev–Trinajstić information content (AvgIpc) is 1.97. The van der Waals surface area contributed by atoms with Crippen molar-refractivity contribution in [1.82, 2.24) is 0 Å². The SMILES string of the molecule is CC#CCC/C=C/CCN. The molecule has 0 fully saturated rings. The first-order valence-corrected chi connectivity index (χ1v) is 3.66. The molecule has 0 spiro atoms. The van der Waals surface area contributed by atoms with Gasteiger partial charge in [-0.3, -0.25) is 0 Å². The summed E-state index contributed by atoms with van der Waals surface area (Å²) in [5.41, 5.74) is 5.29. The first kappa shape index (κ1) is 9.26. The van der Waals surface area contributed by atoms with E-state index in [2.05, 4.69) is 24.0 Å². The van der Waals surface area contributed by atoms with Crippen LogP contribution in [-0.2, 0) is 0 Å². The fraction of sp³-hybridized carbons (Fsp3) is 0.556. The number of nitrogens with two attached hydrogens (primary N) is 1. The zero-order valence-electron chi connectivity index (χ0n) is 6.56.